The minimum absolute atomic E-state index is 0.313. The van der Waals surface area contributed by atoms with E-state index in [2.05, 4.69) is 14.5 Å². The second kappa shape index (κ2) is 9.97. The molecule has 2 aliphatic rings. The molecule has 0 aliphatic carbocycles. The highest BCUT2D eigenvalue weighted by molar-refractivity contribution is 5.88. The molecule has 2 aliphatic heterocycles. The third-order valence-corrected chi connectivity index (χ3v) is 6.52. The van der Waals surface area contributed by atoms with Crippen LogP contribution in [0, 0.1) is 0 Å². The second-order valence-electron chi connectivity index (χ2n) is 8.82. The Balaban J connectivity index is 1.39. The Morgan fingerprint density at radius 1 is 0.943 bits per heavy atom. The average molecular weight is 473 g/mol. The first-order chi connectivity index (χ1) is 17.3. The topological polar surface area (TPSA) is 87.4 Å². The number of hydrogen-bond donors (Lipinski definition) is 0. The standard InChI is InChI=1S/C26H28N6O3/c1-2-4-19(5-3-1)17-35-22-14-20(15-27-16-22)23-24-25(30-26(29-23)31-8-12-34-13-9-31)32(18-28-24)21-6-10-33-11-7-21/h1-5,14-16,18,21H,6-13,17H2. The lowest BCUT2D eigenvalue weighted by molar-refractivity contribution is 0.0704. The molecule has 0 atom stereocenters. The van der Waals surface area contributed by atoms with Crippen LogP contribution < -0.4 is 9.64 Å². The van der Waals surface area contributed by atoms with Crippen molar-refractivity contribution in [2.75, 3.05) is 44.4 Å². The third-order valence-electron chi connectivity index (χ3n) is 6.52. The van der Waals surface area contributed by atoms with Crippen molar-refractivity contribution < 1.29 is 14.2 Å². The van der Waals surface area contributed by atoms with E-state index in [4.69, 9.17) is 29.2 Å². The molecule has 35 heavy (non-hydrogen) atoms. The molecule has 5 heterocycles. The van der Waals surface area contributed by atoms with E-state index >= 15 is 0 Å². The number of benzene rings is 1. The number of anilines is 1. The number of fused-ring (bicyclic) bond motifs is 1. The Hall–Kier alpha value is -3.56. The number of aromatic nitrogens is 5. The van der Waals surface area contributed by atoms with E-state index in [1.54, 1.807) is 6.20 Å². The number of imidazole rings is 1. The lowest BCUT2D eigenvalue weighted by Crippen LogP contribution is -2.37. The van der Waals surface area contributed by atoms with Crippen LogP contribution in [0.3, 0.4) is 0 Å². The summed E-state index contributed by atoms with van der Waals surface area (Å²) in [7, 11) is 0. The number of pyridine rings is 1. The van der Waals surface area contributed by atoms with Gasteiger partial charge in [0.15, 0.2) is 5.65 Å². The first-order valence-electron chi connectivity index (χ1n) is 12.1. The largest absolute Gasteiger partial charge is 0.487 e. The zero-order valence-corrected chi connectivity index (χ0v) is 19.5. The van der Waals surface area contributed by atoms with E-state index in [1.807, 2.05) is 48.9 Å². The number of rotatable bonds is 6. The molecular formula is C26H28N6O3. The van der Waals surface area contributed by atoms with Crippen molar-refractivity contribution in [3.05, 3.63) is 60.7 Å². The highest BCUT2D eigenvalue weighted by Crippen LogP contribution is 2.32. The molecule has 1 aromatic carbocycles. The molecule has 6 rings (SSSR count). The van der Waals surface area contributed by atoms with Gasteiger partial charge in [0.25, 0.3) is 0 Å². The van der Waals surface area contributed by atoms with Gasteiger partial charge in [0.2, 0.25) is 5.95 Å². The summed E-state index contributed by atoms with van der Waals surface area (Å²) in [6, 6.07) is 12.4. The van der Waals surface area contributed by atoms with E-state index in [0.717, 1.165) is 67.1 Å². The van der Waals surface area contributed by atoms with Crippen molar-refractivity contribution in [1.29, 1.82) is 0 Å². The van der Waals surface area contributed by atoms with Crippen LogP contribution in [0.4, 0.5) is 5.95 Å². The molecular weight excluding hydrogens is 444 g/mol. The molecule has 4 aromatic rings. The maximum absolute atomic E-state index is 6.04. The summed E-state index contributed by atoms with van der Waals surface area (Å²) in [5, 5.41) is 0. The van der Waals surface area contributed by atoms with Crippen LogP contribution in [0.1, 0.15) is 24.4 Å². The Morgan fingerprint density at radius 3 is 2.57 bits per heavy atom. The molecule has 0 radical (unpaired) electrons. The second-order valence-corrected chi connectivity index (χ2v) is 8.82. The van der Waals surface area contributed by atoms with Crippen molar-refractivity contribution in [1.82, 2.24) is 24.5 Å². The van der Waals surface area contributed by atoms with Crippen LogP contribution in [0.25, 0.3) is 22.4 Å². The fourth-order valence-corrected chi connectivity index (χ4v) is 4.61. The van der Waals surface area contributed by atoms with Gasteiger partial charge in [0.05, 0.1) is 25.7 Å². The normalized spacial score (nSPS) is 17.1. The van der Waals surface area contributed by atoms with Gasteiger partial charge in [-0.15, -0.1) is 0 Å². The van der Waals surface area contributed by atoms with E-state index in [1.165, 1.54) is 0 Å². The Bertz CT molecular complexity index is 1280. The van der Waals surface area contributed by atoms with E-state index in [9.17, 15) is 0 Å². The van der Waals surface area contributed by atoms with Crippen molar-refractivity contribution in [2.24, 2.45) is 0 Å². The summed E-state index contributed by atoms with van der Waals surface area (Å²) in [6.07, 6.45) is 7.33. The summed E-state index contributed by atoms with van der Waals surface area (Å²) in [4.78, 5) is 21.4. The predicted octanol–water partition coefficient (Wildman–Crippen LogP) is 3.66. The number of nitrogens with zero attached hydrogens (tertiary/aromatic N) is 6. The number of ether oxygens (including phenoxy) is 3. The summed E-state index contributed by atoms with van der Waals surface area (Å²) in [6.45, 7) is 4.83. The Morgan fingerprint density at radius 2 is 1.74 bits per heavy atom. The van der Waals surface area contributed by atoms with Gasteiger partial charge in [-0.1, -0.05) is 30.3 Å². The number of morpholine rings is 1. The molecule has 9 nitrogen and oxygen atoms in total. The van der Waals surface area contributed by atoms with E-state index in [-0.39, 0.29) is 0 Å². The quantitative estimate of drug-likeness (QED) is 0.420. The van der Waals surface area contributed by atoms with Gasteiger partial charge < -0.3 is 23.7 Å². The minimum Gasteiger partial charge on any atom is -0.487 e. The molecule has 0 N–H and O–H groups in total. The van der Waals surface area contributed by atoms with E-state index in [0.29, 0.717) is 37.6 Å². The molecule has 0 unspecified atom stereocenters. The predicted molar refractivity (Wildman–Crippen MR) is 131 cm³/mol. The van der Waals surface area contributed by atoms with Crippen LogP contribution in [0.5, 0.6) is 5.75 Å². The average Bonchev–Trinajstić information content (AvgIpc) is 3.37. The van der Waals surface area contributed by atoms with Crippen molar-refractivity contribution in [2.45, 2.75) is 25.5 Å². The van der Waals surface area contributed by atoms with Crippen LogP contribution in [-0.4, -0.2) is 64.0 Å². The molecule has 0 amide bonds. The maximum atomic E-state index is 6.04. The van der Waals surface area contributed by atoms with Gasteiger partial charge in [0.1, 0.15) is 23.6 Å². The zero-order valence-electron chi connectivity index (χ0n) is 19.5. The lowest BCUT2D eigenvalue weighted by Gasteiger charge is -2.27. The van der Waals surface area contributed by atoms with Crippen LogP contribution in [-0.2, 0) is 16.1 Å². The molecule has 0 bridgehead atoms. The van der Waals surface area contributed by atoms with Gasteiger partial charge in [0, 0.05) is 44.1 Å². The zero-order chi connectivity index (χ0) is 23.5. The van der Waals surface area contributed by atoms with Gasteiger partial charge in [-0.3, -0.25) is 4.98 Å². The molecule has 0 saturated carbocycles. The molecule has 0 spiro atoms. The first kappa shape index (κ1) is 21.9. The molecule has 2 fully saturated rings. The van der Waals surface area contributed by atoms with Crippen LogP contribution in [0.15, 0.2) is 55.1 Å². The molecule has 3 aromatic heterocycles. The highest BCUT2D eigenvalue weighted by atomic mass is 16.5. The molecule has 9 heteroatoms. The van der Waals surface area contributed by atoms with Crippen LogP contribution >= 0.6 is 0 Å². The molecule has 2 saturated heterocycles. The Labute approximate surface area is 203 Å². The van der Waals surface area contributed by atoms with Gasteiger partial charge in [-0.05, 0) is 24.5 Å². The SMILES string of the molecule is c1ccc(COc2cncc(-c3nc(N4CCOCC4)nc4c3ncn4C3CCOCC3)c2)cc1. The van der Waals surface area contributed by atoms with Crippen molar-refractivity contribution >= 4 is 17.1 Å². The smallest absolute Gasteiger partial charge is 0.228 e. The van der Waals surface area contributed by atoms with Crippen molar-refractivity contribution in [3.63, 3.8) is 0 Å². The minimum atomic E-state index is 0.313. The van der Waals surface area contributed by atoms with Gasteiger partial charge >= 0.3 is 0 Å². The fraction of sp³-hybridized carbons (Fsp3) is 0.385. The monoisotopic (exact) mass is 472 g/mol. The maximum Gasteiger partial charge on any atom is 0.228 e. The van der Waals surface area contributed by atoms with Gasteiger partial charge in [-0.2, -0.15) is 4.98 Å². The van der Waals surface area contributed by atoms with Crippen molar-refractivity contribution in [3.8, 4) is 17.0 Å². The summed E-state index contributed by atoms with van der Waals surface area (Å²) in [5.41, 5.74) is 4.34. The summed E-state index contributed by atoms with van der Waals surface area (Å²) < 4.78 is 19.4. The number of hydrogen-bond acceptors (Lipinski definition) is 8. The molecule has 180 valence electrons. The summed E-state index contributed by atoms with van der Waals surface area (Å²) in [5.74, 6) is 1.38. The first-order valence-corrected chi connectivity index (χ1v) is 12.1. The highest BCUT2D eigenvalue weighted by Gasteiger charge is 2.24. The summed E-state index contributed by atoms with van der Waals surface area (Å²) >= 11 is 0. The Kier molecular flexibility index (Phi) is 6.25. The van der Waals surface area contributed by atoms with Crippen LogP contribution in [0.2, 0.25) is 0 Å². The fourth-order valence-electron chi connectivity index (χ4n) is 4.61. The third kappa shape index (κ3) is 4.69. The van der Waals surface area contributed by atoms with Gasteiger partial charge in [-0.25, -0.2) is 9.97 Å². The van der Waals surface area contributed by atoms with E-state index < -0.39 is 0 Å². The lowest BCUT2D eigenvalue weighted by atomic mass is 10.1.